The maximum Gasteiger partial charge on any atom is 0.222 e. The highest BCUT2D eigenvalue weighted by Gasteiger charge is 2.53. The third-order valence-corrected chi connectivity index (χ3v) is 9.57. The number of carboxylic acid groups (broad SMARTS) is 1. The number of amides is 1. The zero-order valence-corrected chi connectivity index (χ0v) is 24.3. The molecule has 0 radical (unpaired) electrons. The van der Waals surface area contributed by atoms with E-state index in [1.807, 2.05) is 4.90 Å². The number of rotatable bonds is 10. The fourth-order valence-corrected chi connectivity index (χ4v) is 7.21. The number of carbonyl (C=O) groups excluding carboxylic acids is 2. The molecule has 0 aromatic heterocycles. The number of aryl methyl sites for hydroxylation is 2. The Balaban J connectivity index is 1.14. The molecule has 1 spiro atoms. The summed E-state index contributed by atoms with van der Waals surface area (Å²) in [6, 6.07) is 17.1. The number of ether oxygens (including phenoxy) is 1. The molecule has 6 rings (SSSR count). The lowest BCUT2D eigenvalue weighted by molar-refractivity contribution is -0.306. The molecule has 41 heavy (non-hydrogen) atoms. The number of nitrogens with zero attached hydrogens (tertiary/aromatic N) is 1. The molecule has 1 aliphatic heterocycles. The van der Waals surface area contributed by atoms with Gasteiger partial charge in [0.2, 0.25) is 5.91 Å². The van der Waals surface area contributed by atoms with E-state index in [-0.39, 0.29) is 23.7 Å². The Morgan fingerprint density at radius 3 is 2.56 bits per heavy atom. The van der Waals surface area contributed by atoms with Crippen LogP contribution in [0.4, 0.5) is 5.69 Å². The van der Waals surface area contributed by atoms with E-state index in [9.17, 15) is 14.7 Å². The normalized spacial score (nSPS) is 18.6. The van der Waals surface area contributed by atoms with Crippen LogP contribution in [0.15, 0.2) is 48.5 Å². The number of benzene rings is 3. The summed E-state index contributed by atoms with van der Waals surface area (Å²) in [5, 5.41) is 15.0. The molecule has 3 aromatic rings. The first-order chi connectivity index (χ1) is 19.7. The zero-order chi connectivity index (χ0) is 28.7. The van der Waals surface area contributed by atoms with Crippen LogP contribution >= 0.6 is 0 Å². The number of fused-ring (bicyclic) bond motifs is 1. The monoisotopic (exact) mass is 551 g/mol. The van der Waals surface area contributed by atoms with Gasteiger partial charge in [0, 0.05) is 31.2 Å². The number of hydrogen-bond acceptors (Lipinski definition) is 5. The molecule has 1 atom stereocenters. The first kappa shape index (κ1) is 27.4. The Morgan fingerprint density at radius 2 is 1.88 bits per heavy atom. The summed E-state index contributed by atoms with van der Waals surface area (Å²) in [6.07, 6.45) is 4.92. The van der Waals surface area contributed by atoms with Crippen LogP contribution in [0.1, 0.15) is 71.4 Å². The molecule has 1 saturated carbocycles. The van der Waals surface area contributed by atoms with Crippen LogP contribution in [0, 0.1) is 26.2 Å². The molecule has 1 unspecified atom stereocenters. The van der Waals surface area contributed by atoms with Gasteiger partial charge >= 0.3 is 0 Å². The molecule has 6 nitrogen and oxygen atoms in total. The summed E-state index contributed by atoms with van der Waals surface area (Å²) in [4.78, 5) is 25.1. The number of aliphatic carboxylic acids is 1. The van der Waals surface area contributed by atoms with Crippen molar-refractivity contribution in [3.05, 3.63) is 81.9 Å². The average molecular weight is 552 g/mol. The van der Waals surface area contributed by atoms with Crippen molar-refractivity contribution in [1.29, 1.82) is 0 Å². The van der Waals surface area contributed by atoms with Crippen LogP contribution in [0.5, 0.6) is 5.75 Å². The van der Waals surface area contributed by atoms with Crippen molar-refractivity contribution >= 4 is 17.6 Å². The molecule has 1 amide bonds. The van der Waals surface area contributed by atoms with Gasteiger partial charge in [-0.15, -0.1) is 0 Å². The standard InChI is InChI=1S/C35H40N2O4/c1-22-16-28(41-15-14-37-13-5-8-32(37)38)17-23(2)34(22)29-7-4-6-25(24(29)3)21-36-27-9-10-30-26(18-27)20-35(11-12-35)31(30)19-33(39)40/h4,6-7,9-10,16-18,31,36H,5,8,11-15,19-21H2,1-3H3,(H,39,40)/p-1. The first-order valence-corrected chi connectivity index (χ1v) is 14.9. The van der Waals surface area contributed by atoms with Crippen LogP contribution in [-0.4, -0.2) is 36.5 Å². The summed E-state index contributed by atoms with van der Waals surface area (Å²) >= 11 is 0. The number of carboxylic acids is 1. The fraction of sp³-hybridized carbons (Fsp3) is 0.429. The third kappa shape index (κ3) is 5.44. The van der Waals surface area contributed by atoms with Crippen molar-refractivity contribution in [2.24, 2.45) is 5.41 Å². The van der Waals surface area contributed by atoms with Gasteiger partial charge in [-0.3, -0.25) is 4.79 Å². The molecule has 214 valence electrons. The van der Waals surface area contributed by atoms with Gasteiger partial charge in [0.1, 0.15) is 12.4 Å². The highest BCUT2D eigenvalue weighted by atomic mass is 16.5. The lowest BCUT2D eigenvalue weighted by Gasteiger charge is -2.20. The van der Waals surface area contributed by atoms with Crippen LogP contribution in [-0.2, 0) is 22.6 Å². The van der Waals surface area contributed by atoms with Gasteiger partial charge in [0.15, 0.2) is 0 Å². The summed E-state index contributed by atoms with van der Waals surface area (Å²) in [6.45, 7) is 9.14. The second kappa shape index (κ2) is 10.9. The minimum Gasteiger partial charge on any atom is -0.550 e. The largest absolute Gasteiger partial charge is 0.550 e. The Bertz CT molecular complexity index is 1480. The number of hydrogen-bond donors (Lipinski definition) is 1. The van der Waals surface area contributed by atoms with Crippen LogP contribution in [0.3, 0.4) is 0 Å². The van der Waals surface area contributed by atoms with Crippen molar-refractivity contribution in [3.8, 4) is 16.9 Å². The lowest BCUT2D eigenvalue weighted by atomic mass is 9.87. The number of nitrogens with one attached hydrogen (secondary N) is 1. The Morgan fingerprint density at radius 1 is 1.10 bits per heavy atom. The molecular formula is C35H39N2O4-. The Hall–Kier alpha value is -3.80. The number of anilines is 1. The van der Waals surface area contributed by atoms with Crippen molar-refractivity contribution in [1.82, 2.24) is 4.90 Å². The minimum absolute atomic E-state index is 0.0908. The van der Waals surface area contributed by atoms with E-state index in [0.717, 1.165) is 43.7 Å². The summed E-state index contributed by atoms with van der Waals surface area (Å²) in [5.41, 5.74) is 11.0. The topological polar surface area (TPSA) is 81.7 Å². The second-order valence-corrected chi connectivity index (χ2v) is 12.3. The fourth-order valence-electron chi connectivity index (χ4n) is 7.21. The van der Waals surface area contributed by atoms with E-state index < -0.39 is 5.97 Å². The smallest absolute Gasteiger partial charge is 0.222 e. The molecule has 0 bridgehead atoms. The highest BCUT2D eigenvalue weighted by Crippen LogP contribution is 2.64. The van der Waals surface area contributed by atoms with Gasteiger partial charge in [0.05, 0.1) is 6.54 Å². The molecular weight excluding hydrogens is 512 g/mol. The van der Waals surface area contributed by atoms with Gasteiger partial charge in [-0.1, -0.05) is 24.3 Å². The molecule has 1 heterocycles. The highest BCUT2D eigenvalue weighted by molar-refractivity contribution is 5.78. The van der Waals surface area contributed by atoms with Crippen LogP contribution in [0.2, 0.25) is 0 Å². The maximum absolute atomic E-state index is 11.9. The summed E-state index contributed by atoms with van der Waals surface area (Å²) < 4.78 is 6.05. The molecule has 3 aromatic carbocycles. The zero-order valence-electron chi connectivity index (χ0n) is 24.3. The summed E-state index contributed by atoms with van der Waals surface area (Å²) in [5.74, 6) is 0.214. The molecule has 1 saturated heterocycles. The maximum atomic E-state index is 11.9. The first-order valence-electron chi connectivity index (χ1n) is 14.9. The average Bonchev–Trinajstić information content (AvgIpc) is 3.49. The van der Waals surface area contributed by atoms with E-state index in [0.29, 0.717) is 26.1 Å². The molecule has 1 N–H and O–H groups in total. The van der Waals surface area contributed by atoms with E-state index in [4.69, 9.17) is 4.74 Å². The predicted molar refractivity (Wildman–Crippen MR) is 159 cm³/mol. The van der Waals surface area contributed by atoms with Gasteiger partial charge < -0.3 is 24.9 Å². The van der Waals surface area contributed by atoms with Gasteiger partial charge in [-0.25, -0.2) is 0 Å². The predicted octanol–water partition coefficient (Wildman–Crippen LogP) is 5.45. The van der Waals surface area contributed by atoms with Crippen molar-refractivity contribution in [3.63, 3.8) is 0 Å². The third-order valence-electron chi connectivity index (χ3n) is 9.57. The van der Waals surface area contributed by atoms with E-state index in [1.165, 1.54) is 44.5 Å². The lowest BCUT2D eigenvalue weighted by Crippen LogP contribution is -2.29. The van der Waals surface area contributed by atoms with Gasteiger partial charge in [-0.2, -0.15) is 0 Å². The SMILES string of the molecule is Cc1cc(OCCN2CCCC2=O)cc(C)c1-c1cccc(CNc2ccc3c(c2)CC2(CC2)C3CC(=O)[O-])c1C. The van der Waals surface area contributed by atoms with Crippen LogP contribution in [0.25, 0.3) is 11.1 Å². The van der Waals surface area contributed by atoms with Crippen LogP contribution < -0.4 is 15.2 Å². The van der Waals surface area contributed by atoms with E-state index >= 15 is 0 Å². The van der Waals surface area contributed by atoms with Crippen molar-refractivity contribution in [2.45, 2.75) is 71.8 Å². The second-order valence-electron chi connectivity index (χ2n) is 12.3. The number of carbonyl (C=O) groups is 2. The van der Waals surface area contributed by atoms with E-state index in [1.54, 1.807) is 0 Å². The molecule has 3 aliphatic rings. The van der Waals surface area contributed by atoms with E-state index in [2.05, 4.69) is 74.6 Å². The Labute approximate surface area is 242 Å². The van der Waals surface area contributed by atoms with Crippen molar-refractivity contribution in [2.75, 3.05) is 25.0 Å². The van der Waals surface area contributed by atoms with Gasteiger partial charge in [-0.05, 0) is 133 Å². The minimum atomic E-state index is -0.950. The van der Waals surface area contributed by atoms with Gasteiger partial charge in [0.25, 0.3) is 0 Å². The molecule has 2 aliphatic carbocycles. The molecule has 2 fully saturated rings. The molecule has 6 heteroatoms. The quantitative estimate of drug-likeness (QED) is 0.362. The summed E-state index contributed by atoms with van der Waals surface area (Å²) in [7, 11) is 0. The Kier molecular flexibility index (Phi) is 7.27. The van der Waals surface area contributed by atoms with Crippen molar-refractivity contribution < 1.29 is 19.4 Å². The number of likely N-dealkylation sites (tertiary alicyclic amines) is 1.